The molecule has 5 nitrogen and oxygen atoms in total. The molecule has 0 aliphatic carbocycles. The van der Waals surface area contributed by atoms with E-state index in [0.29, 0.717) is 50.0 Å². The third kappa shape index (κ3) is 8.45. The maximum atomic E-state index is 14.0. The van der Waals surface area contributed by atoms with E-state index in [1.54, 1.807) is 13.0 Å². The Balaban J connectivity index is 2.18. The second-order valence-electron chi connectivity index (χ2n) is 12.1. The van der Waals surface area contributed by atoms with Gasteiger partial charge in [0.1, 0.15) is 17.9 Å². The lowest BCUT2D eigenvalue weighted by Crippen LogP contribution is -2.38. The molecule has 0 bridgehead atoms. The highest BCUT2D eigenvalue weighted by Crippen LogP contribution is 2.67. The van der Waals surface area contributed by atoms with E-state index in [2.05, 4.69) is 4.99 Å². The molecular weight excluding hydrogens is 521 g/mol. The van der Waals surface area contributed by atoms with Crippen molar-refractivity contribution >= 4 is 13.3 Å². The Kier molecular flexibility index (Phi) is 10.9. The van der Waals surface area contributed by atoms with Gasteiger partial charge in [-0.1, -0.05) is 54.0 Å². The Labute approximate surface area is 225 Å². The summed E-state index contributed by atoms with van der Waals surface area (Å²) in [5.41, 5.74) is -1.18. The van der Waals surface area contributed by atoms with E-state index in [-0.39, 0.29) is 25.6 Å². The minimum Gasteiger partial charge on any atom is -0.493 e. The van der Waals surface area contributed by atoms with Gasteiger partial charge in [-0.3, -0.25) is 8.96 Å². The van der Waals surface area contributed by atoms with Crippen LogP contribution < -0.4 is 4.74 Å². The van der Waals surface area contributed by atoms with E-state index >= 15 is 0 Å². The lowest BCUT2D eigenvalue weighted by molar-refractivity contribution is -0.139. The van der Waals surface area contributed by atoms with Crippen LogP contribution in [-0.2, 0) is 26.4 Å². The SMILES string of the molecule is CC1=NC(CCc2ccc(OCCCCCCF)c(C(F)(F)F)c2)(COP(=O)(C(C)(C)C)C(C)(C)C)CO1. The zero-order valence-corrected chi connectivity index (χ0v) is 24.7. The standard InChI is InChI=1S/C28H44F4NO4P/c1-21-33-27(19-36-21,20-37-38(34,25(2,3)4)26(5,6)7)15-14-22-12-13-24(23(18-22)28(30,31)32)35-17-11-9-8-10-16-29/h12-13,18H,8-11,14-17,19-20H2,1-7H3. The Morgan fingerprint density at radius 3 is 2.18 bits per heavy atom. The molecule has 218 valence electrons. The van der Waals surface area contributed by atoms with Crippen molar-refractivity contribution in [3.63, 3.8) is 0 Å². The molecule has 1 aliphatic rings. The number of benzene rings is 1. The van der Waals surface area contributed by atoms with E-state index in [0.717, 1.165) is 6.07 Å². The molecule has 1 heterocycles. The van der Waals surface area contributed by atoms with Crippen LogP contribution in [0.2, 0.25) is 0 Å². The largest absolute Gasteiger partial charge is 0.493 e. The highest BCUT2D eigenvalue weighted by molar-refractivity contribution is 7.62. The first kappa shape index (κ1) is 32.6. The van der Waals surface area contributed by atoms with Crippen LogP contribution in [0.25, 0.3) is 0 Å². The number of ether oxygens (including phenoxy) is 2. The summed E-state index contributed by atoms with van der Waals surface area (Å²) in [6, 6.07) is 4.11. The third-order valence-electron chi connectivity index (χ3n) is 6.74. The third-order valence-corrected chi connectivity index (χ3v) is 10.8. The Bertz CT molecular complexity index is 980. The molecule has 1 aliphatic heterocycles. The van der Waals surface area contributed by atoms with Crippen LogP contribution in [-0.4, -0.2) is 48.2 Å². The van der Waals surface area contributed by atoms with Crippen molar-refractivity contribution in [2.45, 2.75) is 109 Å². The topological polar surface area (TPSA) is 57.1 Å². The van der Waals surface area contributed by atoms with Gasteiger partial charge in [0.05, 0.1) is 25.5 Å². The first-order valence-corrected chi connectivity index (χ1v) is 14.9. The van der Waals surface area contributed by atoms with Crippen LogP contribution in [0, 0.1) is 0 Å². The second-order valence-corrected chi connectivity index (χ2v) is 16.1. The van der Waals surface area contributed by atoms with Crippen LogP contribution in [0.15, 0.2) is 23.2 Å². The number of aliphatic imine (C=N–C) groups is 1. The van der Waals surface area contributed by atoms with E-state index in [4.69, 9.17) is 14.0 Å². The van der Waals surface area contributed by atoms with Gasteiger partial charge in [-0.25, -0.2) is 4.99 Å². The molecule has 38 heavy (non-hydrogen) atoms. The molecular formula is C28H44F4NO4P. The van der Waals surface area contributed by atoms with Gasteiger partial charge in [-0.2, -0.15) is 13.2 Å². The normalized spacial score (nSPS) is 18.9. The average molecular weight is 566 g/mol. The predicted octanol–water partition coefficient (Wildman–Crippen LogP) is 8.63. The van der Waals surface area contributed by atoms with Gasteiger partial charge in [-0.15, -0.1) is 0 Å². The maximum absolute atomic E-state index is 14.0. The van der Waals surface area contributed by atoms with Crippen molar-refractivity contribution in [1.29, 1.82) is 0 Å². The molecule has 1 aromatic carbocycles. The molecule has 0 amide bonds. The molecule has 0 N–H and O–H groups in total. The smallest absolute Gasteiger partial charge is 0.419 e. The first-order chi connectivity index (χ1) is 17.4. The number of aryl methyl sites for hydroxylation is 1. The van der Waals surface area contributed by atoms with Crippen molar-refractivity contribution in [1.82, 2.24) is 0 Å². The van der Waals surface area contributed by atoms with Crippen molar-refractivity contribution in [3.05, 3.63) is 29.3 Å². The quantitative estimate of drug-likeness (QED) is 0.136. The van der Waals surface area contributed by atoms with Crippen molar-refractivity contribution < 1.29 is 36.1 Å². The number of nitrogens with zero attached hydrogens (tertiary/aromatic N) is 1. The maximum Gasteiger partial charge on any atom is 0.419 e. The molecule has 1 atom stereocenters. The summed E-state index contributed by atoms with van der Waals surface area (Å²) in [4.78, 5) is 4.64. The average Bonchev–Trinajstić information content (AvgIpc) is 3.17. The van der Waals surface area contributed by atoms with Gasteiger partial charge < -0.3 is 14.0 Å². The number of unbranched alkanes of at least 4 members (excludes halogenated alkanes) is 3. The summed E-state index contributed by atoms with van der Waals surface area (Å²) >= 11 is 0. The molecule has 0 fully saturated rings. The Morgan fingerprint density at radius 2 is 1.66 bits per heavy atom. The first-order valence-electron chi connectivity index (χ1n) is 13.3. The van der Waals surface area contributed by atoms with E-state index < -0.39 is 41.6 Å². The van der Waals surface area contributed by atoms with Crippen LogP contribution in [0.1, 0.15) is 91.7 Å². The number of rotatable bonds is 13. The molecule has 0 aromatic heterocycles. The summed E-state index contributed by atoms with van der Waals surface area (Å²) in [6.45, 7) is 13.1. The highest BCUT2D eigenvalue weighted by Gasteiger charge is 2.50. The zero-order valence-electron chi connectivity index (χ0n) is 23.8. The number of halogens is 4. The second kappa shape index (κ2) is 12.7. The molecule has 1 aromatic rings. The molecule has 0 radical (unpaired) electrons. The van der Waals surface area contributed by atoms with Gasteiger partial charge in [-0.05, 0) is 49.8 Å². The van der Waals surface area contributed by atoms with E-state index in [9.17, 15) is 22.1 Å². The molecule has 0 spiro atoms. The molecule has 0 saturated heterocycles. The van der Waals surface area contributed by atoms with Crippen molar-refractivity contribution in [2.75, 3.05) is 26.5 Å². The summed E-state index contributed by atoms with van der Waals surface area (Å²) < 4.78 is 85.0. The van der Waals surface area contributed by atoms with Gasteiger partial charge in [0.25, 0.3) is 0 Å². The lowest BCUT2D eigenvalue weighted by Gasteiger charge is -2.41. The molecule has 0 saturated carbocycles. The van der Waals surface area contributed by atoms with E-state index in [1.807, 2.05) is 41.5 Å². The van der Waals surface area contributed by atoms with Gasteiger partial charge in [0.2, 0.25) is 7.37 Å². The lowest BCUT2D eigenvalue weighted by atomic mass is 9.93. The summed E-state index contributed by atoms with van der Waals surface area (Å²) in [5, 5.41) is -1.20. The van der Waals surface area contributed by atoms with E-state index in [1.165, 1.54) is 6.07 Å². The zero-order chi connectivity index (χ0) is 28.8. The van der Waals surface area contributed by atoms with Crippen LogP contribution in [0.3, 0.4) is 0 Å². The van der Waals surface area contributed by atoms with Crippen LogP contribution in [0.4, 0.5) is 17.6 Å². The van der Waals surface area contributed by atoms with Crippen molar-refractivity contribution in [2.24, 2.45) is 4.99 Å². The Morgan fingerprint density at radius 1 is 1.03 bits per heavy atom. The monoisotopic (exact) mass is 565 g/mol. The number of hydrogen-bond donors (Lipinski definition) is 0. The molecule has 2 rings (SSSR count). The fourth-order valence-electron chi connectivity index (χ4n) is 4.71. The summed E-state index contributed by atoms with van der Waals surface area (Å²) in [5.74, 6) is 0.264. The Hall–Kier alpha value is -1.60. The van der Waals surface area contributed by atoms with Crippen LogP contribution in [0.5, 0.6) is 5.75 Å². The predicted molar refractivity (Wildman–Crippen MR) is 145 cm³/mol. The summed E-state index contributed by atoms with van der Waals surface area (Å²) in [6.07, 6.45) is -1.51. The van der Waals surface area contributed by atoms with Gasteiger partial charge in [0.15, 0.2) is 5.90 Å². The van der Waals surface area contributed by atoms with Crippen LogP contribution >= 0.6 is 7.37 Å². The fourth-order valence-corrected chi connectivity index (χ4v) is 7.91. The minimum atomic E-state index is -4.57. The summed E-state index contributed by atoms with van der Waals surface area (Å²) in [7, 11) is -3.16. The molecule has 10 heteroatoms. The fraction of sp³-hybridized carbons (Fsp3) is 0.750. The van der Waals surface area contributed by atoms with Gasteiger partial charge in [0, 0.05) is 17.2 Å². The molecule has 1 unspecified atom stereocenters. The number of hydrogen-bond acceptors (Lipinski definition) is 5. The van der Waals surface area contributed by atoms with Crippen molar-refractivity contribution in [3.8, 4) is 5.75 Å². The number of alkyl halides is 4. The van der Waals surface area contributed by atoms with Gasteiger partial charge >= 0.3 is 6.18 Å². The highest BCUT2D eigenvalue weighted by atomic mass is 31.2. The minimum absolute atomic E-state index is 0.0475.